The van der Waals surface area contributed by atoms with Gasteiger partial charge in [-0.1, -0.05) is 0 Å². The molecule has 0 saturated carbocycles. The molecule has 19 heavy (non-hydrogen) atoms. The molecule has 2 amide bonds. The van der Waals surface area contributed by atoms with Crippen LogP contribution in [0.15, 0.2) is 18.2 Å². The van der Waals surface area contributed by atoms with Gasteiger partial charge in [0.15, 0.2) is 0 Å². The summed E-state index contributed by atoms with van der Waals surface area (Å²) in [5, 5.41) is 13.5. The molecule has 2 rings (SSSR count). The van der Waals surface area contributed by atoms with Crippen LogP contribution in [0.3, 0.4) is 0 Å². The summed E-state index contributed by atoms with van der Waals surface area (Å²) >= 11 is 0. The number of amides is 2. The lowest BCUT2D eigenvalue weighted by molar-refractivity contribution is -0.384. The van der Waals surface area contributed by atoms with Gasteiger partial charge in [0.2, 0.25) is 11.8 Å². The molecule has 0 radical (unpaired) electrons. The molecule has 0 aromatic heterocycles. The zero-order valence-corrected chi connectivity index (χ0v) is 10.5. The third kappa shape index (κ3) is 2.40. The molecule has 1 aliphatic rings. The number of nitrogens with one attached hydrogen (secondary N) is 1. The number of non-ortho nitro benzene ring substituents is 1. The van der Waals surface area contributed by atoms with E-state index in [4.69, 9.17) is 0 Å². The molecule has 0 aliphatic carbocycles. The topological polar surface area (TPSA) is 92.6 Å². The zero-order chi connectivity index (χ0) is 14.2. The Bertz CT molecular complexity index is 570. The lowest BCUT2D eigenvalue weighted by Gasteiger charge is -2.26. The van der Waals surface area contributed by atoms with Crippen molar-refractivity contribution in [2.75, 3.05) is 10.2 Å². The van der Waals surface area contributed by atoms with E-state index in [9.17, 15) is 19.7 Å². The smallest absolute Gasteiger partial charge is 0.271 e. The van der Waals surface area contributed by atoms with Crippen LogP contribution in [-0.2, 0) is 9.59 Å². The van der Waals surface area contributed by atoms with Crippen LogP contribution in [0.4, 0.5) is 17.1 Å². The van der Waals surface area contributed by atoms with E-state index in [1.54, 1.807) is 6.92 Å². The molecular formula is C12H13N3O4. The van der Waals surface area contributed by atoms with Gasteiger partial charge in [0.05, 0.1) is 16.3 Å². The van der Waals surface area contributed by atoms with Gasteiger partial charge in [-0.2, -0.15) is 0 Å². The molecule has 1 N–H and O–H groups in total. The van der Waals surface area contributed by atoms with Crippen molar-refractivity contribution >= 4 is 28.9 Å². The number of benzene rings is 1. The normalized spacial score (nSPS) is 18.3. The van der Waals surface area contributed by atoms with Crippen molar-refractivity contribution in [1.82, 2.24) is 0 Å². The highest BCUT2D eigenvalue weighted by molar-refractivity contribution is 6.04. The molecule has 0 spiro atoms. The van der Waals surface area contributed by atoms with E-state index < -0.39 is 4.92 Å². The van der Waals surface area contributed by atoms with Crippen LogP contribution in [0.25, 0.3) is 0 Å². The number of carbonyl (C=O) groups excluding carboxylic acids is 2. The average molecular weight is 263 g/mol. The summed E-state index contributed by atoms with van der Waals surface area (Å²) < 4.78 is 0. The largest absolute Gasteiger partial charge is 0.324 e. The zero-order valence-electron chi connectivity index (χ0n) is 10.5. The highest BCUT2D eigenvalue weighted by Crippen LogP contribution is 2.34. The second-order valence-electron chi connectivity index (χ2n) is 4.45. The predicted octanol–water partition coefficient (Wildman–Crippen LogP) is 1.68. The van der Waals surface area contributed by atoms with E-state index in [0.717, 1.165) is 0 Å². The molecule has 1 aromatic rings. The van der Waals surface area contributed by atoms with Gasteiger partial charge >= 0.3 is 0 Å². The van der Waals surface area contributed by atoms with Crippen LogP contribution in [-0.4, -0.2) is 22.8 Å². The molecule has 1 heterocycles. The van der Waals surface area contributed by atoms with Gasteiger partial charge in [0, 0.05) is 31.5 Å². The second-order valence-corrected chi connectivity index (χ2v) is 4.45. The predicted molar refractivity (Wildman–Crippen MR) is 69.0 cm³/mol. The Morgan fingerprint density at radius 1 is 1.53 bits per heavy atom. The first kappa shape index (κ1) is 13.0. The van der Waals surface area contributed by atoms with Gasteiger partial charge in [0.25, 0.3) is 5.69 Å². The van der Waals surface area contributed by atoms with Crippen LogP contribution in [0, 0.1) is 10.1 Å². The number of rotatable bonds is 1. The van der Waals surface area contributed by atoms with E-state index in [2.05, 4.69) is 5.32 Å². The van der Waals surface area contributed by atoms with Crippen molar-refractivity contribution in [2.45, 2.75) is 26.3 Å². The van der Waals surface area contributed by atoms with Crippen molar-refractivity contribution in [3.05, 3.63) is 28.3 Å². The fraction of sp³-hybridized carbons (Fsp3) is 0.333. The van der Waals surface area contributed by atoms with E-state index >= 15 is 0 Å². The number of hydrogen-bond donors (Lipinski definition) is 1. The standard InChI is InChI=1S/C12H13N3O4/c1-7-5-12(17)13-10-4-3-9(15(18)19)6-11(10)14(7)8(2)16/h3-4,6-7H,5H2,1-2H3,(H,13,17)/t7-/m1/s1. The molecule has 1 aliphatic heterocycles. The maximum atomic E-state index is 11.7. The van der Waals surface area contributed by atoms with Crippen LogP contribution < -0.4 is 10.2 Å². The highest BCUT2D eigenvalue weighted by Gasteiger charge is 2.29. The number of nitro groups is 1. The average Bonchev–Trinajstić information content (AvgIpc) is 2.41. The van der Waals surface area contributed by atoms with Crippen LogP contribution in [0.2, 0.25) is 0 Å². The molecule has 7 nitrogen and oxygen atoms in total. The Hall–Kier alpha value is -2.44. The van der Waals surface area contributed by atoms with Crippen LogP contribution >= 0.6 is 0 Å². The number of nitrogens with zero attached hydrogens (tertiary/aromatic N) is 2. The monoisotopic (exact) mass is 263 g/mol. The van der Waals surface area contributed by atoms with Crippen molar-refractivity contribution in [3.8, 4) is 0 Å². The fourth-order valence-corrected chi connectivity index (χ4v) is 2.22. The first-order chi connectivity index (χ1) is 8.90. The minimum atomic E-state index is -0.532. The summed E-state index contributed by atoms with van der Waals surface area (Å²) in [4.78, 5) is 35.1. The molecule has 0 bridgehead atoms. The summed E-state index contributed by atoms with van der Waals surface area (Å²) in [5.74, 6) is -0.475. The lowest BCUT2D eigenvalue weighted by atomic mass is 10.1. The quantitative estimate of drug-likeness (QED) is 0.616. The Morgan fingerprint density at radius 3 is 2.79 bits per heavy atom. The van der Waals surface area contributed by atoms with E-state index in [0.29, 0.717) is 11.4 Å². The van der Waals surface area contributed by atoms with E-state index in [1.165, 1.54) is 30.0 Å². The summed E-state index contributed by atoms with van der Waals surface area (Å²) in [7, 11) is 0. The molecule has 1 aromatic carbocycles. The minimum Gasteiger partial charge on any atom is -0.324 e. The third-order valence-electron chi connectivity index (χ3n) is 2.99. The van der Waals surface area contributed by atoms with Gasteiger partial charge in [-0.3, -0.25) is 19.7 Å². The first-order valence-corrected chi connectivity index (χ1v) is 5.78. The number of fused-ring (bicyclic) bond motifs is 1. The molecule has 1 atom stereocenters. The number of nitro benzene ring substituents is 1. The summed E-state index contributed by atoms with van der Waals surface area (Å²) in [6.45, 7) is 3.10. The lowest BCUT2D eigenvalue weighted by Crippen LogP contribution is -2.37. The Labute approximate surface area is 109 Å². The SMILES string of the molecule is CC(=O)N1c2cc([N+](=O)[O-])ccc2NC(=O)C[C@H]1C. The Balaban J connectivity index is 2.60. The summed E-state index contributed by atoms with van der Waals surface area (Å²) in [6, 6.07) is 3.70. The van der Waals surface area contributed by atoms with Crippen molar-refractivity contribution in [2.24, 2.45) is 0 Å². The van der Waals surface area contributed by atoms with Gasteiger partial charge in [-0.05, 0) is 13.0 Å². The minimum absolute atomic E-state index is 0.117. The summed E-state index contributed by atoms with van der Waals surface area (Å²) in [5.41, 5.74) is 0.656. The highest BCUT2D eigenvalue weighted by atomic mass is 16.6. The van der Waals surface area contributed by atoms with Crippen molar-refractivity contribution in [1.29, 1.82) is 0 Å². The molecule has 0 unspecified atom stereocenters. The van der Waals surface area contributed by atoms with Gasteiger partial charge in [-0.25, -0.2) is 0 Å². The molecule has 0 saturated heterocycles. The van der Waals surface area contributed by atoms with Gasteiger partial charge < -0.3 is 10.2 Å². The molecular weight excluding hydrogens is 250 g/mol. The molecule has 0 fully saturated rings. The maximum absolute atomic E-state index is 11.7. The number of hydrogen-bond acceptors (Lipinski definition) is 4. The fourth-order valence-electron chi connectivity index (χ4n) is 2.22. The number of anilines is 2. The van der Waals surface area contributed by atoms with Crippen LogP contribution in [0.5, 0.6) is 0 Å². The first-order valence-electron chi connectivity index (χ1n) is 5.78. The second kappa shape index (κ2) is 4.68. The maximum Gasteiger partial charge on any atom is 0.271 e. The molecule has 7 heteroatoms. The Morgan fingerprint density at radius 2 is 2.21 bits per heavy atom. The van der Waals surface area contributed by atoms with Crippen molar-refractivity contribution < 1.29 is 14.5 Å². The van der Waals surface area contributed by atoms with Gasteiger partial charge in [-0.15, -0.1) is 0 Å². The summed E-state index contributed by atoms with van der Waals surface area (Å²) in [6.07, 6.45) is 0.155. The number of carbonyl (C=O) groups is 2. The van der Waals surface area contributed by atoms with Gasteiger partial charge in [0.1, 0.15) is 0 Å². The van der Waals surface area contributed by atoms with E-state index in [-0.39, 0.29) is 30.0 Å². The Kier molecular flexibility index (Phi) is 3.20. The van der Waals surface area contributed by atoms with E-state index in [1.807, 2.05) is 0 Å². The van der Waals surface area contributed by atoms with Crippen molar-refractivity contribution in [3.63, 3.8) is 0 Å². The third-order valence-corrected chi connectivity index (χ3v) is 2.99. The molecule has 100 valence electrons. The van der Waals surface area contributed by atoms with Crippen LogP contribution in [0.1, 0.15) is 20.3 Å².